The van der Waals surface area contributed by atoms with Gasteiger partial charge in [-0.15, -0.1) is 10.2 Å². The first-order valence-corrected chi connectivity index (χ1v) is 8.11. The number of hydrogen-bond acceptors (Lipinski definition) is 6. The minimum atomic E-state index is 0.464. The highest BCUT2D eigenvalue weighted by molar-refractivity contribution is 7.98. The first-order valence-electron chi connectivity index (χ1n) is 6.14. The fourth-order valence-electron chi connectivity index (χ4n) is 1.67. The molecule has 1 aromatic rings. The smallest absolute Gasteiger partial charge is 0.205 e. The van der Waals surface area contributed by atoms with E-state index in [0.717, 1.165) is 41.2 Å². The lowest BCUT2D eigenvalue weighted by Gasteiger charge is -2.06. The van der Waals surface area contributed by atoms with Gasteiger partial charge >= 0.3 is 0 Å². The second-order valence-electron chi connectivity index (χ2n) is 4.08. The summed E-state index contributed by atoms with van der Waals surface area (Å²) in [6.45, 7) is 4.05. The van der Waals surface area contributed by atoms with E-state index in [9.17, 15) is 0 Å². The number of nitrogens with one attached hydrogen (secondary N) is 1. The zero-order chi connectivity index (χ0) is 11.9. The van der Waals surface area contributed by atoms with Gasteiger partial charge in [-0.05, 0) is 19.3 Å². The van der Waals surface area contributed by atoms with Crippen LogP contribution >= 0.6 is 23.1 Å². The lowest BCUT2D eigenvalue weighted by atomic mass is 10.3. The van der Waals surface area contributed by atoms with Gasteiger partial charge in [0.25, 0.3) is 0 Å². The Labute approximate surface area is 111 Å². The lowest BCUT2D eigenvalue weighted by molar-refractivity contribution is 0.129. The Morgan fingerprint density at radius 3 is 3.24 bits per heavy atom. The van der Waals surface area contributed by atoms with Gasteiger partial charge in [-0.2, -0.15) is 11.8 Å². The average Bonchev–Trinajstić information content (AvgIpc) is 2.98. The number of hydrogen-bond donors (Lipinski definition) is 1. The van der Waals surface area contributed by atoms with Crippen molar-refractivity contribution < 1.29 is 4.74 Å². The molecule has 96 valence electrons. The highest BCUT2D eigenvalue weighted by atomic mass is 32.2. The molecule has 0 aromatic carbocycles. The first-order chi connectivity index (χ1) is 8.38. The van der Waals surface area contributed by atoms with Crippen LogP contribution in [-0.2, 0) is 10.5 Å². The van der Waals surface area contributed by atoms with Crippen molar-refractivity contribution in [1.82, 2.24) is 10.2 Å². The standard InChI is InChI=1S/C11H19N3OS2/c1-2-5-12-11-14-13-10(17-11)8-16-7-9-4-3-6-15-9/h9H,2-8H2,1H3,(H,12,14). The van der Waals surface area contributed by atoms with E-state index in [-0.39, 0.29) is 0 Å². The van der Waals surface area contributed by atoms with Crippen molar-refractivity contribution in [2.75, 3.05) is 24.2 Å². The largest absolute Gasteiger partial charge is 0.377 e. The first kappa shape index (κ1) is 13.1. The molecule has 2 heterocycles. The molecule has 0 radical (unpaired) electrons. The Bertz CT molecular complexity index is 326. The molecule has 1 fully saturated rings. The third-order valence-corrected chi connectivity index (χ3v) is 4.70. The number of aromatic nitrogens is 2. The molecule has 2 rings (SSSR count). The molecule has 1 unspecified atom stereocenters. The molecular formula is C11H19N3OS2. The van der Waals surface area contributed by atoms with Crippen LogP contribution in [0.15, 0.2) is 0 Å². The quantitative estimate of drug-likeness (QED) is 0.827. The third-order valence-electron chi connectivity index (χ3n) is 2.55. The van der Waals surface area contributed by atoms with E-state index >= 15 is 0 Å². The molecule has 1 N–H and O–H groups in total. The second kappa shape index (κ2) is 7.18. The van der Waals surface area contributed by atoms with Crippen molar-refractivity contribution in [1.29, 1.82) is 0 Å². The van der Waals surface area contributed by atoms with Crippen molar-refractivity contribution in [2.45, 2.75) is 38.0 Å². The minimum absolute atomic E-state index is 0.464. The Morgan fingerprint density at radius 1 is 1.53 bits per heavy atom. The summed E-state index contributed by atoms with van der Waals surface area (Å²) in [5.41, 5.74) is 0. The SMILES string of the molecule is CCCNc1nnc(CSCC2CCCO2)s1. The molecule has 1 aliphatic heterocycles. The van der Waals surface area contributed by atoms with Gasteiger partial charge in [0.2, 0.25) is 5.13 Å². The summed E-state index contributed by atoms with van der Waals surface area (Å²) in [5.74, 6) is 2.03. The molecule has 1 aliphatic rings. The molecule has 6 heteroatoms. The van der Waals surface area contributed by atoms with Gasteiger partial charge in [-0.3, -0.25) is 0 Å². The van der Waals surface area contributed by atoms with E-state index in [4.69, 9.17) is 4.74 Å². The monoisotopic (exact) mass is 273 g/mol. The minimum Gasteiger partial charge on any atom is -0.377 e. The molecule has 0 amide bonds. The van der Waals surface area contributed by atoms with Crippen LogP contribution in [0.2, 0.25) is 0 Å². The second-order valence-corrected chi connectivity index (χ2v) is 6.17. The van der Waals surface area contributed by atoms with E-state index in [1.54, 1.807) is 11.3 Å². The molecule has 17 heavy (non-hydrogen) atoms. The van der Waals surface area contributed by atoms with Crippen LogP contribution < -0.4 is 5.32 Å². The van der Waals surface area contributed by atoms with Crippen LogP contribution in [0.25, 0.3) is 0 Å². The van der Waals surface area contributed by atoms with Gasteiger partial charge in [-0.1, -0.05) is 18.3 Å². The summed E-state index contributed by atoms with van der Waals surface area (Å²) in [6.07, 6.45) is 4.01. The fourth-order valence-corrected chi connectivity index (χ4v) is 3.59. The Balaban J connectivity index is 1.65. The summed E-state index contributed by atoms with van der Waals surface area (Å²) >= 11 is 3.56. The van der Waals surface area contributed by atoms with Crippen LogP contribution in [0.1, 0.15) is 31.2 Å². The molecule has 0 aliphatic carbocycles. The van der Waals surface area contributed by atoms with Crippen molar-refractivity contribution in [3.05, 3.63) is 5.01 Å². The zero-order valence-electron chi connectivity index (χ0n) is 10.1. The molecule has 0 bridgehead atoms. The number of nitrogens with zero attached hydrogens (tertiary/aromatic N) is 2. The van der Waals surface area contributed by atoms with E-state index in [0.29, 0.717) is 6.10 Å². The Morgan fingerprint density at radius 2 is 2.47 bits per heavy atom. The number of ether oxygens (including phenoxy) is 1. The zero-order valence-corrected chi connectivity index (χ0v) is 11.8. The molecule has 1 saturated heterocycles. The van der Waals surface area contributed by atoms with Crippen molar-refractivity contribution in [3.63, 3.8) is 0 Å². The van der Waals surface area contributed by atoms with Gasteiger partial charge in [0.15, 0.2) is 0 Å². The number of thioether (sulfide) groups is 1. The molecule has 4 nitrogen and oxygen atoms in total. The highest BCUT2D eigenvalue weighted by Gasteiger charge is 2.15. The number of anilines is 1. The highest BCUT2D eigenvalue weighted by Crippen LogP contribution is 2.23. The Kier molecular flexibility index (Phi) is 5.54. The van der Waals surface area contributed by atoms with Crippen LogP contribution in [0.5, 0.6) is 0 Å². The third kappa shape index (κ3) is 4.44. The summed E-state index contributed by atoms with van der Waals surface area (Å²) in [6, 6.07) is 0. The van der Waals surface area contributed by atoms with E-state index in [2.05, 4.69) is 22.4 Å². The van der Waals surface area contributed by atoms with Gasteiger partial charge < -0.3 is 10.1 Å². The van der Waals surface area contributed by atoms with Gasteiger partial charge in [0.1, 0.15) is 5.01 Å². The maximum Gasteiger partial charge on any atom is 0.205 e. The summed E-state index contributed by atoms with van der Waals surface area (Å²) in [7, 11) is 0. The molecule has 1 aromatic heterocycles. The summed E-state index contributed by atoms with van der Waals surface area (Å²) < 4.78 is 5.58. The Hall–Kier alpha value is -0.330. The molecule has 1 atom stereocenters. The van der Waals surface area contributed by atoms with Crippen molar-refractivity contribution >= 4 is 28.2 Å². The van der Waals surface area contributed by atoms with Crippen LogP contribution in [-0.4, -0.2) is 35.2 Å². The molecule has 0 saturated carbocycles. The fraction of sp³-hybridized carbons (Fsp3) is 0.818. The maximum atomic E-state index is 5.58. The van der Waals surface area contributed by atoms with Crippen LogP contribution in [0.4, 0.5) is 5.13 Å². The molecular weight excluding hydrogens is 254 g/mol. The number of rotatable bonds is 7. The van der Waals surface area contributed by atoms with Gasteiger partial charge in [0.05, 0.1) is 6.10 Å². The van der Waals surface area contributed by atoms with Gasteiger partial charge in [0, 0.05) is 24.7 Å². The normalized spacial score (nSPS) is 19.7. The lowest BCUT2D eigenvalue weighted by Crippen LogP contribution is -2.07. The summed E-state index contributed by atoms with van der Waals surface area (Å²) in [4.78, 5) is 0. The van der Waals surface area contributed by atoms with Crippen LogP contribution in [0, 0.1) is 0 Å². The summed E-state index contributed by atoms with van der Waals surface area (Å²) in [5, 5.41) is 13.6. The topological polar surface area (TPSA) is 47.0 Å². The maximum absolute atomic E-state index is 5.58. The van der Waals surface area contributed by atoms with Gasteiger partial charge in [-0.25, -0.2) is 0 Å². The van der Waals surface area contributed by atoms with Crippen molar-refractivity contribution in [2.24, 2.45) is 0 Å². The van der Waals surface area contributed by atoms with E-state index < -0.39 is 0 Å². The van der Waals surface area contributed by atoms with Crippen molar-refractivity contribution in [3.8, 4) is 0 Å². The molecule has 0 spiro atoms. The average molecular weight is 273 g/mol. The predicted octanol–water partition coefficient (Wildman–Crippen LogP) is 2.77. The van der Waals surface area contributed by atoms with E-state index in [1.165, 1.54) is 12.8 Å². The van der Waals surface area contributed by atoms with E-state index in [1.807, 2.05) is 11.8 Å². The van der Waals surface area contributed by atoms with Crippen LogP contribution in [0.3, 0.4) is 0 Å². The predicted molar refractivity (Wildman–Crippen MR) is 73.8 cm³/mol.